The van der Waals surface area contributed by atoms with Gasteiger partial charge in [-0.25, -0.2) is 4.98 Å². The molecule has 0 fully saturated rings. The maximum Gasteiger partial charge on any atom is 0.121 e. The molecule has 0 radical (unpaired) electrons. The zero-order valence-electron chi connectivity index (χ0n) is 14.1. The monoisotopic (exact) mass is 310 g/mol. The molecule has 0 unspecified atom stereocenters. The van der Waals surface area contributed by atoms with Gasteiger partial charge in [0.2, 0.25) is 0 Å². The molecule has 3 aromatic rings. The summed E-state index contributed by atoms with van der Waals surface area (Å²) in [6, 6.07) is 6.34. The van der Waals surface area contributed by atoms with Crippen molar-refractivity contribution in [1.82, 2.24) is 19.3 Å². The van der Waals surface area contributed by atoms with Gasteiger partial charge in [-0.05, 0) is 37.5 Å². The Hall–Kier alpha value is -2.56. The van der Waals surface area contributed by atoms with Crippen molar-refractivity contribution in [3.05, 3.63) is 53.7 Å². The highest BCUT2D eigenvalue weighted by Gasteiger charge is 2.11. The maximum absolute atomic E-state index is 5.32. The van der Waals surface area contributed by atoms with Crippen molar-refractivity contribution in [3.8, 4) is 17.0 Å². The number of ether oxygens (including phenoxy) is 1. The summed E-state index contributed by atoms with van der Waals surface area (Å²) in [6.07, 6.45) is 6.79. The smallest absolute Gasteiger partial charge is 0.121 e. The summed E-state index contributed by atoms with van der Waals surface area (Å²) in [5.41, 5.74) is 5.73. The van der Waals surface area contributed by atoms with Crippen LogP contribution in [0, 0.1) is 13.8 Å². The third-order valence-corrected chi connectivity index (χ3v) is 4.10. The molecule has 0 saturated heterocycles. The van der Waals surface area contributed by atoms with E-state index in [0.717, 1.165) is 35.7 Å². The van der Waals surface area contributed by atoms with Gasteiger partial charge in [-0.2, -0.15) is 5.10 Å². The van der Waals surface area contributed by atoms with E-state index in [1.165, 1.54) is 11.1 Å². The van der Waals surface area contributed by atoms with Gasteiger partial charge in [-0.1, -0.05) is 12.1 Å². The lowest BCUT2D eigenvalue weighted by molar-refractivity contribution is 0.411. The van der Waals surface area contributed by atoms with E-state index in [1.807, 2.05) is 43.4 Å². The first-order chi connectivity index (χ1) is 11.1. The molecule has 2 heterocycles. The molecular formula is C18H22N4O. The molecule has 0 aliphatic rings. The lowest BCUT2D eigenvalue weighted by Gasteiger charge is -2.10. The van der Waals surface area contributed by atoms with Crippen molar-refractivity contribution in [2.75, 3.05) is 7.11 Å². The van der Waals surface area contributed by atoms with E-state index >= 15 is 0 Å². The van der Waals surface area contributed by atoms with Crippen LogP contribution in [0.25, 0.3) is 11.3 Å². The molecule has 0 spiro atoms. The van der Waals surface area contributed by atoms with Crippen molar-refractivity contribution < 1.29 is 4.74 Å². The summed E-state index contributed by atoms with van der Waals surface area (Å²) < 4.78 is 9.34. The second-order valence-corrected chi connectivity index (χ2v) is 5.83. The average molecular weight is 310 g/mol. The number of rotatable bonds is 5. The summed E-state index contributed by atoms with van der Waals surface area (Å²) in [5, 5.41) is 4.42. The molecule has 23 heavy (non-hydrogen) atoms. The third kappa shape index (κ3) is 3.13. The van der Waals surface area contributed by atoms with E-state index < -0.39 is 0 Å². The fourth-order valence-corrected chi connectivity index (χ4v) is 2.92. The molecule has 120 valence electrons. The number of hydrogen-bond acceptors (Lipinski definition) is 3. The van der Waals surface area contributed by atoms with E-state index in [9.17, 15) is 0 Å². The fourth-order valence-electron chi connectivity index (χ4n) is 2.92. The Morgan fingerprint density at radius 2 is 2.04 bits per heavy atom. The standard InChI is InChI=1S/C18H22N4O/c1-13-9-15(5-6-18(13)23-4)7-8-22-12-19-10-17(22)16-11-21(3)20-14(16)2/h5-6,9-12H,7-8H2,1-4H3. The van der Waals surface area contributed by atoms with E-state index in [1.54, 1.807) is 7.11 Å². The normalized spacial score (nSPS) is 11.0. The Morgan fingerprint density at radius 3 is 2.70 bits per heavy atom. The van der Waals surface area contributed by atoms with Gasteiger partial charge in [0.05, 0.1) is 31.0 Å². The summed E-state index contributed by atoms with van der Waals surface area (Å²) in [4.78, 5) is 4.31. The van der Waals surface area contributed by atoms with Crippen LogP contribution in [0.4, 0.5) is 0 Å². The Morgan fingerprint density at radius 1 is 1.22 bits per heavy atom. The molecule has 0 atom stereocenters. The minimum absolute atomic E-state index is 0.884. The quantitative estimate of drug-likeness (QED) is 0.727. The lowest BCUT2D eigenvalue weighted by atomic mass is 10.1. The molecule has 3 rings (SSSR count). The molecule has 0 aliphatic carbocycles. The molecular weight excluding hydrogens is 288 g/mol. The summed E-state index contributed by atoms with van der Waals surface area (Å²) in [5.74, 6) is 0.933. The number of aromatic nitrogens is 4. The fraction of sp³-hybridized carbons (Fsp3) is 0.333. The molecule has 0 amide bonds. The topological polar surface area (TPSA) is 44.9 Å². The zero-order chi connectivity index (χ0) is 16.4. The number of hydrogen-bond donors (Lipinski definition) is 0. The number of benzene rings is 1. The first-order valence-corrected chi connectivity index (χ1v) is 7.72. The van der Waals surface area contributed by atoms with Gasteiger partial charge in [0.25, 0.3) is 0 Å². The van der Waals surface area contributed by atoms with Crippen molar-refractivity contribution in [2.45, 2.75) is 26.8 Å². The number of aryl methyl sites for hydroxylation is 5. The van der Waals surface area contributed by atoms with E-state index in [4.69, 9.17) is 4.74 Å². The largest absolute Gasteiger partial charge is 0.496 e. The van der Waals surface area contributed by atoms with Gasteiger partial charge >= 0.3 is 0 Å². The predicted octanol–water partition coefficient (Wildman–Crippen LogP) is 3.15. The number of nitrogens with zero attached hydrogens (tertiary/aromatic N) is 4. The van der Waals surface area contributed by atoms with Crippen LogP contribution >= 0.6 is 0 Å². The third-order valence-electron chi connectivity index (χ3n) is 4.10. The predicted molar refractivity (Wildman–Crippen MR) is 90.6 cm³/mol. The summed E-state index contributed by atoms with van der Waals surface area (Å²) >= 11 is 0. The molecule has 0 N–H and O–H groups in total. The Bertz CT molecular complexity index is 816. The molecule has 5 heteroatoms. The first kappa shape index (κ1) is 15.3. The molecule has 2 aromatic heterocycles. The zero-order valence-corrected chi connectivity index (χ0v) is 14.1. The van der Waals surface area contributed by atoms with Crippen molar-refractivity contribution >= 4 is 0 Å². The van der Waals surface area contributed by atoms with Gasteiger partial charge in [0.15, 0.2) is 0 Å². The van der Waals surface area contributed by atoms with Crippen LogP contribution in [-0.4, -0.2) is 26.4 Å². The SMILES string of the molecule is COc1ccc(CCn2cncc2-c2cn(C)nc2C)cc1C. The van der Waals surface area contributed by atoms with Crippen LogP contribution < -0.4 is 4.74 Å². The summed E-state index contributed by atoms with van der Waals surface area (Å²) in [6.45, 7) is 4.99. The van der Waals surface area contributed by atoms with Crippen molar-refractivity contribution in [1.29, 1.82) is 0 Å². The lowest BCUT2D eigenvalue weighted by Crippen LogP contribution is -2.02. The molecule has 1 aromatic carbocycles. The van der Waals surface area contributed by atoms with Crippen LogP contribution in [0.15, 0.2) is 36.9 Å². The number of methoxy groups -OCH3 is 1. The van der Waals surface area contributed by atoms with Crippen molar-refractivity contribution in [2.24, 2.45) is 7.05 Å². The highest BCUT2D eigenvalue weighted by molar-refractivity contribution is 5.60. The van der Waals surface area contributed by atoms with Gasteiger partial charge < -0.3 is 9.30 Å². The van der Waals surface area contributed by atoms with E-state index in [0.29, 0.717) is 0 Å². The minimum Gasteiger partial charge on any atom is -0.496 e. The van der Waals surface area contributed by atoms with Crippen LogP contribution in [0.1, 0.15) is 16.8 Å². The van der Waals surface area contributed by atoms with Crippen molar-refractivity contribution in [3.63, 3.8) is 0 Å². The number of imidazole rings is 1. The molecule has 5 nitrogen and oxygen atoms in total. The molecule has 0 saturated carbocycles. The van der Waals surface area contributed by atoms with E-state index in [2.05, 4.69) is 33.7 Å². The second-order valence-electron chi connectivity index (χ2n) is 5.83. The maximum atomic E-state index is 5.32. The van der Waals surface area contributed by atoms with Crippen LogP contribution in [-0.2, 0) is 20.0 Å². The molecule has 0 aliphatic heterocycles. The Kier molecular flexibility index (Phi) is 4.19. The molecule has 0 bridgehead atoms. The van der Waals surface area contributed by atoms with Gasteiger partial charge in [-0.15, -0.1) is 0 Å². The second kappa shape index (κ2) is 6.28. The van der Waals surface area contributed by atoms with Gasteiger partial charge in [0, 0.05) is 25.4 Å². The highest BCUT2D eigenvalue weighted by Crippen LogP contribution is 2.23. The Labute approximate surface area is 136 Å². The van der Waals surface area contributed by atoms with Crippen LogP contribution in [0.2, 0.25) is 0 Å². The van der Waals surface area contributed by atoms with Crippen LogP contribution in [0.3, 0.4) is 0 Å². The first-order valence-electron chi connectivity index (χ1n) is 7.72. The van der Waals surface area contributed by atoms with Gasteiger partial charge in [0.1, 0.15) is 5.75 Å². The average Bonchev–Trinajstić information content (AvgIpc) is 3.11. The minimum atomic E-state index is 0.884. The highest BCUT2D eigenvalue weighted by atomic mass is 16.5. The van der Waals surface area contributed by atoms with E-state index in [-0.39, 0.29) is 0 Å². The Balaban J connectivity index is 1.78. The summed E-state index contributed by atoms with van der Waals surface area (Å²) in [7, 11) is 3.65. The van der Waals surface area contributed by atoms with Crippen LogP contribution in [0.5, 0.6) is 5.75 Å². The van der Waals surface area contributed by atoms with Gasteiger partial charge in [-0.3, -0.25) is 4.68 Å².